The first kappa shape index (κ1) is 15.5. The number of aromatic nitrogens is 1. The van der Waals surface area contributed by atoms with Crippen molar-refractivity contribution >= 4 is 0 Å². The van der Waals surface area contributed by atoms with E-state index in [1.807, 2.05) is 19.2 Å². The van der Waals surface area contributed by atoms with E-state index in [-0.39, 0.29) is 5.56 Å². The second-order valence-electron chi connectivity index (χ2n) is 5.60. The van der Waals surface area contributed by atoms with Crippen molar-refractivity contribution in [2.45, 2.75) is 33.7 Å². The third kappa shape index (κ3) is 3.42. The molecule has 0 fully saturated rings. The minimum atomic E-state index is 0.0806. The molecule has 0 radical (unpaired) electrons. The minimum absolute atomic E-state index is 0.0806. The van der Waals surface area contributed by atoms with E-state index in [1.54, 1.807) is 4.57 Å². The largest absolute Gasteiger partial charge is 0.312 e. The molecule has 2 rings (SSSR count). The molecule has 21 heavy (non-hydrogen) atoms. The van der Waals surface area contributed by atoms with E-state index < -0.39 is 0 Å². The lowest BCUT2D eigenvalue weighted by Gasteiger charge is -2.13. The van der Waals surface area contributed by atoms with Crippen LogP contribution in [0.5, 0.6) is 0 Å². The summed E-state index contributed by atoms with van der Waals surface area (Å²) in [5, 5.41) is 3.29. The molecule has 0 aliphatic rings. The van der Waals surface area contributed by atoms with Crippen molar-refractivity contribution in [3.05, 3.63) is 57.4 Å². The topological polar surface area (TPSA) is 34.0 Å². The van der Waals surface area contributed by atoms with E-state index in [9.17, 15) is 4.79 Å². The average molecular weight is 284 g/mol. The molecule has 0 bridgehead atoms. The van der Waals surface area contributed by atoms with Crippen LogP contribution in [0.1, 0.15) is 30.0 Å². The second-order valence-corrected chi connectivity index (χ2v) is 5.60. The predicted molar refractivity (Wildman–Crippen MR) is 88.6 cm³/mol. The molecule has 1 aromatic carbocycles. The number of nitrogens with one attached hydrogen (secondary N) is 1. The van der Waals surface area contributed by atoms with Gasteiger partial charge in [0.25, 0.3) is 5.56 Å². The van der Waals surface area contributed by atoms with Crippen molar-refractivity contribution in [3.8, 4) is 11.3 Å². The summed E-state index contributed by atoms with van der Waals surface area (Å²) in [6, 6.07) is 10.3. The lowest BCUT2D eigenvalue weighted by Crippen LogP contribution is -2.26. The number of nitrogens with zero attached hydrogens (tertiary/aromatic N) is 1. The highest BCUT2D eigenvalue weighted by atomic mass is 16.1. The van der Waals surface area contributed by atoms with Gasteiger partial charge in [0.2, 0.25) is 0 Å². The lowest BCUT2D eigenvalue weighted by molar-refractivity contribution is 0.664. The lowest BCUT2D eigenvalue weighted by atomic mass is 10.0. The van der Waals surface area contributed by atoms with Crippen LogP contribution in [-0.4, -0.2) is 11.1 Å². The van der Waals surface area contributed by atoms with Gasteiger partial charge >= 0.3 is 0 Å². The van der Waals surface area contributed by atoms with Gasteiger partial charge in [0, 0.05) is 24.7 Å². The normalized spacial score (nSPS) is 10.9. The molecule has 3 heteroatoms. The first-order chi connectivity index (χ1) is 10.0. The first-order valence-electron chi connectivity index (χ1n) is 7.52. The van der Waals surface area contributed by atoms with Gasteiger partial charge in [-0.25, -0.2) is 0 Å². The smallest absolute Gasteiger partial charge is 0.255 e. The molecule has 0 aliphatic carbocycles. The first-order valence-corrected chi connectivity index (χ1v) is 7.52. The van der Waals surface area contributed by atoms with Gasteiger partial charge in [0.1, 0.15) is 0 Å². The molecule has 0 amide bonds. The molecule has 3 nitrogen and oxygen atoms in total. The van der Waals surface area contributed by atoms with E-state index >= 15 is 0 Å². The van der Waals surface area contributed by atoms with Crippen LogP contribution in [0.25, 0.3) is 11.3 Å². The molecule has 112 valence electrons. The molecule has 1 N–H and O–H groups in total. The van der Waals surface area contributed by atoms with E-state index in [1.165, 1.54) is 11.1 Å². The number of pyridine rings is 1. The molecule has 0 saturated carbocycles. The predicted octanol–water partition coefficient (Wildman–Crippen LogP) is 3.17. The van der Waals surface area contributed by atoms with Crippen LogP contribution in [-0.2, 0) is 13.6 Å². The maximum Gasteiger partial charge on any atom is 0.255 e. The number of benzene rings is 1. The molecule has 1 heterocycles. The van der Waals surface area contributed by atoms with Crippen LogP contribution in [0.2, 0.25) is 0 Å². The monoisotopic (exact) mass is 284 g/mol. The Balaban J connectivity index is 2.41. The molecule has 0 unspecified atom stereocenters. The van der Waals surface area contributed by atoms with Crippen LogP contribution in [0, 0.1) is 13.8 Å². The Kier molecular flexibility index (Phi) is 4.97. The highest BCUT2D eigenvalue weighted by Gasteiger charge is 2.09. The molecule has 1 aromatic heterocycles. The van der Waals surface area contributed by atoms with Crippen LogP contribution in [0.15, 0.2) is 35.1 Å². The second kappa shape index (κ2) is 6.72. The quantitative estimate of drug-likeness (QED) is 0.856. The van der Waals surface area contributed by atoms with Crippen molar-refractivity contribution in [3.63, 3.8) is 0 Å². The zero-order valence-electron chi connectivity index (χ0n) is 13.4. The standard InChI is InChI=1S/C18H24N2O/c1-5-10-19-12-15-8-9-17(20(4)18(15)21)16-11-13(2)6-7-14(16)3/h6-9,11,19H,5,10,12H2,1-4H3. The van der Waals surface area contributed by atoms with Crippen molar-refractivity contribution in [2.75, 3.05) is 6.54 Å². The third-order valence-corrected chi connectivity index (χ3v) is 3.79. The molecule has 2 aromatic rings. The number of aryl methyl sites for hydroxylation is 2. The summed E-state index contributed by atoms with van der Waals surface area (Å²) in [5.41, 5.74) is 5.39. The van der Waals surface area contributed by atoms with Crippen molar-refractivity contribution < 1.29 is 0 Å². The highest BCUT2D eigenvalue weighted by Crippen LogP contribution is 2.23. The van der Waals surface area contributed by atoms with E-state index in [4.69, 9.17) is 0 Å². The molecule has 0 aliphatic heterocycles. The van der Waals surface area contributed by atoms with E-state index in [0.717, 1.165) is 29.8 Å². The van der Waals surface area contributed by atoms with E-state index in [2.05, 4.69) is 44.3 Å². The molecular weight excluding hydrogens is 260 g/mol. The fraction of sp³-hybridized carbons (Fsp3) is 0.389. The zero-order chi connectivity index (χ0) is 15.4. The van der Waals surface area contributed by atoms with E-state index in [0.29, 0.717) is 6.54 Å². The summed E-state index contributed by atoms with van der Waals surface area (Å²) in [5.74, 6) is 0. The summed E-state index contributed by atoms with van der Waals surface area (Å²) in [6.07, 6.45) is 1.07. The maximum absolute atomic E-state index is 12.5. The van der Waals surface area contributed by atoms with Gasteiger partial charge in [0.05, 0.1) is 5.69 Å². The van der Waals surface area contributed by atoms with Gasteiger partial charge in [0.15, 0.2) is 0 Å². The Bertz CT molecular complexity index is 686. The van der Waals surface area contributed by atoms with Crippen LogP contribution >= 0.6 is 0 Å². The fourth-order valence-electron chi connectivity index (χ4n) is 2.50. The Labute approximate surface area is 126 Å². The van der Waals surface area contributed by atoms with Gasteiger partial charge in [-0.2, -0.15) is 0 Å². The van der Waals surface area contributed by atoms with Gasteiger partial charge in [-0.05, 0) is 44.5 Å². The van der Waals surface area contributed by atoms with Gasteiger partial charge in [-0.3, -0.25) is 4.79 Å². The summed E-state index contributed by atoms with van der Waals surface area (Å²) in [7, 11) is 1.85. The Morgan fingerprint density at radius 1 is 1.14 bits per heavy atom. The minimum Gasteiger partial charge on any atom is -0.312 e. The summed E-state index contributed by atoms with van der Waals surface area (Å²) in [6.45, 7) is 7.84. The molecule has 0 saturated heterocycles. The summed E-state index contributed by atoms with van der Waals surface area (Å²) < 4.78 is 1.75. The Hall–Kier alpha value is -1.87. The van der Waals surface area contributed by atoms with Crippen LogP contribution in [0.4, 0.5) is 0 Å². The van der Waals surface area contributed by atoms with Gasteiger partial charge < -0.3 is 9.88 Å². The van der Waals surface area contributed by atoms with Crippen molar-refractivity contribution in [1.29, 1.82) is 0 Å². The molecule has 0 spiro atoms. The Morgan fingerprint density at radius 2 is 1.90 bits per heavy atom. The van der Waals surface area contributed by atoms with Gasteiger partial charge in [-0.1, -0.05) is 30.7 Å². The summed E-state index contributed by atoms with van der Waals surface area (Å²) >= 11 is 0. The summed E-state index contributed by atoms with van der Waals surface area (Å²) in [4.78, 5) is 12.5. The maximum atomic E-state index is 12.5. The average Bonchev–Trinajstić information content (AvgIpc) is 2.47. The Morgan fingerprint density at radius 3 is 2.62 bits per heavy atom. The fourth-order valence-corrected chi connectivity index (χ4v) is 2.50. The van der Waals surface area contributed by atoms with Crippen LogP contribution < -0.4 is 10.9 Å². The zero-order valence-corrected chi connectivity index (χ0v) is 13.4. The third-order valence-electron chi connectivity index (χ3n) is 3.79. The SMILES string of the molecule is CCCNCc1ccc(-c2cc(C)ccc2C)n(C)c1=O. The number of hydrogen-bond acceptors (Lipinski definition) is 2. The number of hydrogen-bond donors (Lipinski definition) is 1. The van der Waals surface area contributed by atoms with Crippen molar-refractivity contribution in [1.82, 2.24) is 9.88 Å². The molecule has 0 atom stereocenters. The molecular formula is C18H24N2O. The van der Waals surface area contributed by atoms with Gasteiger partial charge in [-0.15, -0.1) is 0 Å². The highest BCUT2D eigenvalue weighted by molar-refractivity contribution is 5.65. The number of rotatable bonds is 5. The van der Waals surface area contributed by atoms with Crippen molar-refractivity contribution in [2.24, 2.45) is 7.05 Å². The van der Waals surface area contributed by atoms with Crippen LogP contribution in [0.3, 0.4) is 0 Å².